The molecular formula is C17H29IN4. The van der Waals surface area contributed by atoms with Gasteiger partial charge in [0.2, 0.25) is 0 Å². The molecule has 1 unspecified atom stereocenters. The van der Waals surface area contributed by atoms with Crippen molar-refractivity contribution in [3.05, 3.63) is 29.8 Å². The third-order valence-electron chi connectivity index (χ3n) is 4.12. The van der Waals surface area contributed by atoms with Gasteiger partial charge in [0, 0.05) is 24.8 Å². The maximum absolute atomic E-state index is 5.98. The Hall–Kier alpha value is -0.820. The second kappa shape index (κ2) is 9.35. The van der Waals surface area contributed by atoms with Gasteiger partial charge in [0.05, 0.1) is 0 Å². The zero-order chi connectivity index (χ0) is 15.2. The number of anilines is 1. The molecule has 5 heteroatoms. The number of hydrogen-bond donors (Lipinski definition) is 2. The summed E-state index contributed by atoms with van der Waals surface area (Å²) in [6, 6.07) is 8.81. The molecule has 0 bridgehead atoms. The van der Waals surface area contributed by atoms with Gasteiger partial charge in [-0.3, -0.25) is 4.99 Å². The molecule has 4 nitrogen and oxygen atoms in total. The highest BCUT2D eigenvalue weighted by molar-refractivity contribution is 14.0. The van der Waals surface area contributed by atoms with Crippen LogP contribution in [0.5, 0.6) is 0 Å². The average Bonchev–Trinajstić information content (AvgIpc) is 2.48. The van der Waals surface area contributed by atoms with Crippen LogP contribution in [0, 0.1) is 12.8 Å². The predicted molar refractivity (Wildman–Crippen MR) is 106 cm³/mol. The van der Waals surface area contributed by atoms with E-state index in [2.05, 4.69) is 48.1 Å². The number of benzene rings is 1. The maximum atomic E-state index is 5.98. The molecule has 1 heterocycles. The first-order chi connectivity index (χ1) is 10.0. The van der Waals surface area contributed by atoms with E-state index >= 15 is 0 Å². The summed E-state index contributed by atoms with van der Waals surface area (Å²) in [6.07, 6.45) is 2.52. The topological polar surface area (TPSA) is 53.6 Å². The molecule has 1 atom stereocenters. The van der Waals surface area contributed by atoms with Crippen molar-refractivity contribution in [3.63, 3.8) is 0 Å². The lowest BCUT2D eigenvalue weighted by molar-refractivity contribution is 0.143. The van der Waals surface area contributed by atoms with E-state index in [9.17, 15) is 0 Å². The fraction of sp³-hybridized carbons (Fsp3) is 0.588. The molecule has 1 saturated heterocycles. The smallest absolute Gasteiger partial charge is 0.193 e. The fourth-order valence-electron chi connectivity index (χ4n) is 2.77. The van der Waals surface area contributed by atoms with E-state index in [0.717, 1.165) is 18.8 Å². The molecule has 0 spiro atoms. The number of guanidine groups is 1. The molecule has 0 amide bonds. The van der Waals surface area contributed by atoms with Crippen molar-refractivity contribution in [1.29, 1.82) is 0 Å². The molecule has 0 aromatic heterocycles. The Morgan fingerprint density at radius 3 is 2.68 bits per heavy atom. The highest BCUT2D eigenvalue weighted by Gasteiger charge is 2.21. The third-order valence-corrected chi connectivity index (χ3v) is 4.12. The summed E-state index contributed by atoms with van der Waals surface area (Å²) in [6.45, 7) is 9.77. The molecule has 124 valence electrons. The summed E-state index contributed by atoms with van der Waals surface area (Å²) < 4.78 is 0. The fourth-order valence-corrected chi connectivity index (χ4v) is 2.77. The lowest BCUT2D eigenvalue weighted by Gasteiger charge is -2.34. The van der Waals surface area contributed by atoms with Gasteiger partial charge in [-0.25, -0.2) is 0 Å². The van der Waals surface area contributed by atoms with Gasteiger partial charge in [-0.2, -0.15) is 0 Å². The van der Waals surface area contributed by atoms with Crippen molar-refractivity contribution in [1.82, 2.24) is 4.90 Å². The van der Waals surface area contributed by atoms with E-state index in [0.29, 0.717) is 17.9 Å². The van der Waals surface area contributed by atoms with E-state index < -0.39 is 0 Å². The number of aryl methyl sites for hydroxylation is 1. The summed E-state index contributed by atoms with van der Waals surface area (Å²) >= 11 is 0. The van der Waals surface area contributed by atoms with Crippen molar-refractivity contribution < 1.29 is 0 Å². The van der Waals surface area contributed by atoms with Crippen molar-refractivity contribution in [3.8, 4) is 0 Å². The Morgan fingerprint density at radius 1 is 1.36 bits per heavy atom. The number of likely N-dealkylation sites (tertiary alicyclic amines) is 1. The predicted octanol–water partition coefficient (Wildman–Crippen LogP) is 3.46. The summed E-state index contributed by atoms with van der Waals surface area (Å²) in [5, 5.41) is 3.16. The molecule has 1 fully saturated rings. The van der Waals surface area contributed by atoms with Crippen LogP contribution in [0.25, 0.3) is 0 Å². The highest BCUT2D eigenvalue weighted by Crippen LogP contribution is 2.18. The van der Waals surface area contributed by atoms with Crippen molar-refractivity contribution in [2.24, 2.45) is 16.6 Å². The van der Waals surface area contributed by atoms with Gasteiger partial charge in [0.1, 0.15) is 0 Å². The minimum absolute atomic E-state index is 0. The summed E-state index contributed by atoms with van der Waals surface area (Å²) in [7, 11) is 0. The molecule has 3 N–H and O–H groups in total. The number of hydrogen-bond acceptors (Lipinski definition) is 2. The largest absolute Gasteiger partial charge is 0.370 e. The summed E-state index contributed by atoms with van der Waals surface area (Å²) in [5.41, 5.74) is 8.22. The Morgan fingerprint density at radius 2 is 2.05 bits per heavy atom. The van der Waals surface area contributed by atoms with Crippen molar-refractivity contribution >= 4 is 35.6 Å². The van der Waals surface area contributed by atoms with Gasteiger partial charge in [-0.05, 0) is 58.2 Å². The van der Waals surface area contributed by atoms with Gasteiger partial charge >= 0.3 is 0 Å². The molecule has 22 heavy (non-hydrogen) atoms. The molecule has 0 saturated carbocycles. The van der Waals surface area contributed by atoms with E-state index in [1.165, 1.54) is 24.9 Å². The minimum Gasteiger partial charge on any atom is -0.370 e. The number of piperidine rings is 1. The van der Waals surface area contributed by atoms with Crippen LogP contribution in [-0.4, -0.2) is 36.5 Å². The van der Waals surface area contributed by atoms with Gasteiger partial charge in [0.15, 0.2) is 5.96 Å². The normalized spacial score (nSPS) is 19.8. The third kappa shape index (κ3) is 6.12. The zero-order valence-corrected chi connectivity index (χ0v) is 16.2. The number of halogens is 1. The molecule has 0 radical (unpaired) electrons. The molecule has 1 aromatic rings. The Labute approximate surface area is 151 Å². The van der Waals surface area contributed by atoms with Crippen LogP contribution in [0.15, 0.2) is 29.3 Å². The van der Waals surface area contributed by atoms with Gasteiger partial charge in [-0.1, -0.05) is 17.7 Å². The summed E-state index contributed by atoms with van der Waals surface area (Å²) in [5.74, 6) is 1.14. The Balaban J connectivity index is 0.00000242. The molecule has 2 rings (SSSR count). The van der Waals surface area contributed by atoms with Gasteiger partial charge < -0.3 is 16.0 Å². The number of nitrogens with one attached hydrogen (secondary N) is 1. The zero-order valence-electron chi connectivity index (χ0n) is 13.9. The molecule has 0 aliphatic carbocycles. The molecule has 1 aromatic carbocycles. The van der Waals surface area contributed by atoms with E-state index in [1.54, 1.807) is 0 Å². The summed E-state index contributed by atoms with van der Waals surface area (Å²) in [4.78, 5) is 7.05. The van der Waals surface area contributed by atoms with Crippen LogP contribution < -0.4 is 11.1 Å². The number of nitrogens with zero attached hydrogens (tertiary/aromatic N) is 2. The van der Waals surface area contributed by atoms with E-state index in [-0.39, 0.29) is 24.0 Å². The SMILES string of the molecule is Cc1ccc(NC(N)=NCC2CCCN(C(C)C)C2)cc1.I. The lowest BCUT2D eigenvalue weighted by atomic mass is 9.97. The van der Waals surface area contributed by atoms with Gasteiger partial charge in [-0.15, -0.1) is 24.0 Å². The van der Waals surface area contributed by atoms with Crippen molar-refractivity contribution in [2.75, 3.05) is 25.0 Å². The van der Waals surface area contributed by atoms with Gasteiger partial charge in [0.25, 0.3) is 0 Å². The quantitative estimate of drug-likeness (QED) is 0.449. The molecular weight excluding hydrogens is 387 g/mol. The Kier molecular flexibility index (Phi) is 8.17. The van der Waals surface area contributed by atoms with Crippen molar-refractivity contribution in [2.45, 2.75) is 39.7 Å². The first-order valence-electron chi connectivity index (χ1n) is 7.92. The lowest BCUT2D eigenvalue weighted by Crippen LogP contribution is -2.41. The van der Waals surface area contributed by atoms with E-state index in [4.69, 9.17) is 5.73 Å². The number of rotatable bonds is 4. The monoisotopic (exact) mass is 416 g/mol. The van der Waals surface area contributed by atoms with Crippen LogP contribution in [-0.2, 0) is 0 Å². The van der Waals surface area contributed by atoms with Crippen LogP contribution in [0.1, 0.15) is 32.3 Å². The maximum Gasteiger partial charge on any atom is 0.193 e. The minimum atomic E-state index is 0. The number of nitrogens with two attached hydrogens (primary N) is 1. The second-order valence-electron chi connectivity index (χ2n) is 6.31. The highest BCUT2D eigenvalue weighted by atomic mass is 127. The van der Waals surface area contributed by atoms with Crippen LogP contribution >= 0.6 is 24.0 Å². The molecule has 1 aliphatic heterocycles. The first kappa shape index (κ1) is 19.2. The standard InChI is InChI=1S/C17H28N4.HI/c1-13(2)21-10-4-5-15(12-21)11-19-17(18)20-16-8-6-14(3)7-9-16;/h6-9,13,15H,4-5,10-12H2,1-3H3,(H3,18,19,20);1H. The molecule has 1 aliphatic rings. The van der Waals surface area contributed by atoms with Crippen LogP contribution in [0.3, 0.4) is 0 Å². The van der Waals surface area contributed by atoms with E-state index in [1.807, 2.05) is 12.1 Å². The second-order valence-corrected chi connectivity index (χ2v) is 6.31. The van der Waals surface area contributed by atoms with Crippen LogP contribution in [0.4, 0.5) is 5.69 Å². The Bertz CT molecular complexity index is 470. The van der Waals surface area contributed by atoms with Crippen LogP contribution in [0.2, 0.25) is 0 Å². The average molecular weight is 416 g/mol. The first-order valence-corrected chi connectivity index (χ1v) is 7.92. The number of aliphatic imine (C=N–C) groups is 1.